The number of hydrogen-bond acceptors (Lipinski definition) is 13. The second kappa shape index (κ2) is 30.8. The molecule has 0 saturated carbocycles. The summed E-state index contributed by atoms with van der Waals surface area (Å²) in [7, 11) is 0. The van der Waals surface area contributed by atoms with Gasteiger partial charge in [-0.25, -0.2) is 4.79 Å². The molecule has 8 unspecified atom stereocenters. The van der Waals surface area contributed by atoms with Crippen molar-refractivity contribution in [2.75, 3.05) is 19.6 Å². The number of H-pyrrole nitrogens is 1. The average molecular weight is 1060 g/mol. The van der Waals surface area contributed by atoms with Crippen LogP contribution in [0.4, 0.5) is 0 Å². The molecule has 4 rings (SSSR count). The number of nitrogens with one attached hydrogen (secondary N) is 9. The third-order valence-corrected chi connectivity index (χ3v) is 12.2. The van der Waals surface area contributed by atoms with E-state index in [-0.39, 0.29) is 95.8 Å². The third kappa shape index (κ3) is 20.9. The predicted molar refractivity (Wildman–Crippen MR) is 280 cm³/mol. The first-order valence-electron chi connectivity index (χ1n) is 24.9. The van der Waals surface area contributed by atoms with Gasteiger partial charge in [0.1, 0.15) is 36.4 Å². The molecule has 1 aliphatic rings. The molecule has 3 aromatic rings. The van der Waals surface area contributed by atoms with Gasteiger partial charge in [0.2, 0.25) is 47.3 Å². The fourth-order valence-electron chi connectivity index (χ4n) is 8.33. The van der Waals surface area contributed by atoms with E-state index in [4.69, 9.17) is 28.7 Å². The van der Waals surface area contributed by atoms with Crippen LogP contribution < -0.4 is 71.2 Å². The normalized spacial score (nSPS) is 22.0. The van der Waals surface area contributed by atoms with Gasteiger partial charge in [-0.15, -0.1) is 0 Å². The van der Waals surface area contributed by atoms with E-state index in [1.54, 1.807) is 42.6 Å². The number of fused-ring (bicyclic) bond motifs is 1. The minimum atomic E-state index is -1.73. The molecular weight excluding hydrogens is 989 g/mol. The molecule has 1 aromatic heterocycles. The third-order valence-electron chi connectivity index (χ3n) is 12.2. The van der Waals surface area contributed by atoms with Gasteiger partial charge in [-0.2, -0.15) is 0 Å². The molecule has 0 spiro atoms. The summed E-state index contributed by atoms with van der Waals surface area (Å²) in [6.07, 6.45) is -1.62. The zero-order chi connectivity index (χ0) is 55.7. The summed E-state index contributed by atoms with van der Waals surface area (Å²) >= 11 is 0. The molecule has 8 atom stereocenters. The molecule has 0 bridgehead atoms. The zero-order valence-electron chi connectivity index (χ0n) is 42.3. The number of amides is 8. The molecule has 2 aromatic carbocycles. The minimum absolute atomic E-state index is 0.0122. The van der Waals surface area contributed by atoms with Gasteiger partial charge in [0, 0.05) is 62.9 Å². The van der Waals surface area contributed by atoms with Crippen molar-refractivity contribution < 1.29 is 53.4 Å². The minimum Gasteiger partial charge on any atom is -0.480 e. The number of primary amides is 1. The van der Waals surface area contributed by atoms with Crippen molar-refractivity contribution in [2.45, 2.75) is 132 Å². The molecule has 21 N–H and O–H groups in total. The van der Waals surface area contributed by atoms with Crippen molar-refractivity contribution in [3.05, 3.63) is 71.9 Å². The van der Waals surface area contributed by atoms with Crippen LogP contribution in [0.3, 0.4) is 0 Å². The molecule has 27 nitrogen and oxygen atoms in total. The SMILES string of the molecule is CC(=O)NC(CCCN=C(N)N)C(=O)NC1CCC(=O)NCCCC(C(=O)O)NC(=O)C(Cc2c[nH]c3ccccc23)NC(O)C(CCCN=C(N)N)NC(=O)C(Cc2ccccc2)NC(=O)C(CCC(N)=O)NC1=O. The molecule has 0 aliphatic carbocycles. The first-order chi connectivity index (χ1) is 36.2. The standard InChI is InChI=1S/C49H72N16O11/c1-27(66)59-32(14-7-22-56-48(51)52)41(69)62-35-18-20-40(68)55-21-9-16-36(47(75)76)63-46(74)38(25-29-26-58-31-13-6-5-12-30(29)31)65-42(70)33(15-8-23-57-49(53)54)60-45(73)37(24-28-10-3-2-4-11-28)64-44(72)34(61-43(35)71)17-19-39(50)67/h2-6,10-13,26,32-38,42,58,65,70H,7-9,14-25H2,1H3,(H2,50,67)(H,55,68)(H,59,66)(H,60,73)(H,61,71)(H,62,69)(H,63,74)(H,64,72)(H,75,76)(H4,51,52,56)(H4,53,54,57). The highest BCUT2D eigenvalue weighted by molar-refractivity contribution is 5.96. The second-order valence-electron chi connectivity index (χ2n) is 18.3. The Bertz CT molecular complexity index is 2530. The Kier molecular flexibility index (Phi) is 24.4. The number of nitrogens with zero attached hydrogens (tertiary/aromatic N) is 2. The van der Waals surface area contributed by atoms with Crippen molar-refractivity contribution in [3.63, 3.8) is 0 Å². The lowest BCUT2D eigenvalue weighted by atomic mass is 10.0. The van der Waals surface area contributed by atoms with E-state index in [1.807, 2.05) is 18.2 Å². The molecule has 414 valence electrons. The maximum absolute atomic E-state index is 14.6. The van der Waals surface area contributed by atoms with Gasteiger partial charge in [0.25, 0.3) is 0 Å². The van der Waals surface area contributed by atoms with Crippen molar-refractivity contribution >= 4 is 76.0 Å². The van der Waals surface area contributed by atoms with Crippen LogP contribution in [0.25, 0.3) is 10.9 Å². The number of carbonyl (C=O) groups is 9. The number of carbonyl (C=O) groups excluding carboxylic acids is 8. The molecular formula is C49H72N16O11. The monoisotopic (exact) mass is 1060 g/mol. The first-order valence-corrected chi connectivity index (χ1v) is 24.9. The summed E-state index contributed by atoms with van der Waals surface area (Å²) < 4.78 is 0. The number of aliphatic carboxylic acids is 1. The topological polar surface area (TPSA) is 461 Å². The van der Waals surface area contributed by atoms with Crippen LogP contribution in [-0.2, 0) is 56.0 Å². The van der Waals surface area contributed by atoms with E-state index < -0.39 is 115 Å². The van der Waals surface area contributed by atoms with Gasteiger partial charge in [0.15, 0.2) is 11.9 Å². The number of aromatic nitrogens is 1. The average Bonchev–Trinajstić information content (AvgIpc) is 3.78. The first kappa shape index (κ1) is 60.2. The Balaban J connectivity index is 1.78. The van der Waals surface area contributed by atoms with Crippen LogP contribution >= 0.6 is 0 Å². The highest BCUT2D eigenvalue weighted by Crippen LogP contribution is 2.20. The largest absolute Gasteiger partial charge is 0.480 e. The van der Waals surface area contributed by atoms with Crippen LogP contribution in [0.5, 0.6) is 0 Å². The lowest BCUT2D eigenvalue weighted by Crippen LogP contribution is -2.61. The van der Waals surface area contributed by atoms with Crippen LogP contribution in [0.2, 0.25) is 0 Å². The summed E-state index contributed by atoms with van der Waals surface area (Å²) in [5, 5.41) is 44.2. The van der Waals surface area contributed by atoms with Crippen molar-refractivity contribution in [3.8, 4) is 0 Å². The van der Waals surface area contributed by atoms with Crippen molar-refractivity contribution in [1.29, 1.82) is 0 Å². The quantitative estimate of drug-likeness (QED) is 0.0312. The molecule has 2 heterocycles. The molecule has 1 saturated heterocycles. The van der Waals surface area contributed by atoms with Crippen molar-refractivity contribution in [1.82, 2.24) is 47.5 Å². The van der Waals surface area contributed by atoms with Crippen LogP contribution in [-0.4, -0.2) is 148 Å². The van der Waals surface area contributed by atoms with Gasteiger partial charge >= 0.3 is 5.97 Å². The summed E-state index contributed by atoms with van der Waals surface area (Å²) in [5.41, 5.74) is 29.4. The number of aliphatic hydroxyl groups is 1. The van der Waals surface area contributed by atoms with Gasteiger partial charge in [-0.05, 0) is 75.0 Å². The smallest absolute Gasteiger partial charge is 0.326 e. The number of rotatable bonds is 19. The van der Waals surface area contributed by atoms with Crippen LogP contribution in [0.1, 0.15) is 82.3 Å². The van der Waals surface area contributed by atoms with Crippen LogP contribution in [0, 0.1) is 0 Å². The van der Waals surface area contributed by atoms with Gasteiger partial charge < -0.3 is 81.1 Å². The Hall–Kier alpha value is -8.33. The van der Waals surface area contributed by atoms with Gasteiger partial charge in [-0.1, -0.05) is 48.5 Å². The number of carboxylic acids is 1. The lowest BCUT2D eigenvalue weighted by molar-refractivity contribution is -0.142. The Morgan fingerprint density at radius 2 is 1.39 bits per heavy atom. The number of para-hydroxylation sites is 1. The van der Waals surface area contributed by atoms with E-state index in [0.29, 0.717) is 11.1 Å². The maximum atomic E-state index is 14.6. The summed E-state index contributed by atoms with van der Waals surface area (Å²) in [5.74, 6) is -8.31. The Morgan fingerprint density at radius 1 is 0.750 bits per heavy atom. The molecule has 76 heavy (non-hydrogen) atoms. The second-order valence-corrected chi connectivity index (χ2v) is 18.3. The number of aliphatic imine (C=N–C) groups is 2. The van der Waals surface area contributed by atoms with Gasteiger partial charge in [0.05, 0.1) is 12.1 Å². The summed E-state index contributed by atoms with van der Waals surface area (Å²) in [4.78, 5) is 133. The zero-order valence-corrected chi connectivity index (χ0v) is 42.3. The van der Waals surface area contributed by atoms with E-state index in [1.165, 1.54) is 6.92 Å². The Morgan fingerprint density at radius 3 is 2.07 bits per heavy atom. The summed E-state index contributed by atoms with van der Waals surface area (Å²) in [6, 6.07) is 5.93. The molecule has 8 amide bonds. The number of nitrogens with two attached hydrogens (primary N) is 5. The molecule has 1 aliphatic heterocycles. The van der Waals surface area contributed by atoms with E-state index in [2.05, 4.69) is 57.5 Å². The maximum Gasteiger partial charge on any atom is 0.326 e. The number of aromatic amines is 1. The number of carboxylic acid groups (broad SMARTS) is 1. The van der Waals surface area contributed by atoms with Crippen LogP contribution in [0.15, 0.2) is 70.8 Å². The van der Waals surface area contributed by atoms with E-state index in [0.717, 1.165) is 10.9 Å². The lowest BCUT2D eigenvalue weighted by Gasteiger charge is -2.31. The highest BCUT2D eigenvalue weighted by Gasteiger charge is 2.35. The number of aliphatic hydroxyl groups excluding tert-OH is 1. The Labute approximate surface area is 438 Å². The molecule has 27 heteroatoms. The fraction of sp³-hybridized carbons (Fsp3) is 0.490. The van der Waals surface area contributed by atoms with Crippen molar-refractivity contribution in [2.24, 2.45) is 38.7 Å². The highest BCUT2D eigenvalue weighted by atomic mass is 16.4. The van der Waals surface area contributed by atoms with E-state index in [9.17, 15) is 53.4 Å². The predicted octanol–water partition coefficient (Wildman–Crippen LogP) is -3.69. The number of hydrogen-bond donors (Lipinski definition) is 16. The summed E-state index contributed by atoms with van der Waals surface area (Å²) in [6.45, 7) is 1.25. The van der Waals surface area contributed by atoms with Gasteiger partial charge in [-0.3, -0.25) is 53.7 Å². The molecule has 0 radical (unpaired) electrons. The number of guanidine groups is 2. The fourth-order valence-corrected chi connectivity index (χ4v) is 8.33. The van der Waals surface area contributed by atoms with E-state index >= 15 is 0 Å². The molecule has 1 fully saturated rings. The number of benzene rings is 2.